The molecule has 0 bridgehead atoms. The minimum atomic E-state index is 0.669. The van der Waals surface area contributed by atoms with E-state index in [0.717, 1.165) is 12.5 Å². The van der Waals surface area contributed by atoms with E-state index in [0.29, 0.717) is 5.92 Å². The predicted octanol–water partition coefficient (Wildman–Crippen LogP) is 4.61. The molecular formula is C17H28N2S. The van der Waals surface area contributed by atoms with Gasteiger partial charge in [-0.15, -0.1) is 11.3 Å². The van der Waals surface area contributed by atoms with Gasteiger partial charge in [0.15, 0.2) is 0 Å². The number of rotatable bonds is 3. The van der Waals surface area contributed by atoms with Crippen molar-refractivity contribution in [1.82, 2.24) is 10.3 Å². The van der Waals surface area contributed by atoms with Crippen LogP contribution in [0.25, 0.3) is 0 Å². The second kappa shape index (κ2) is 7.04. The van der Waals surface area contributed by atoms with Gasteiger partial charge in [0.2, 0.25) is 0 Å². The average molecular weight is 292 g/mol. The van der Waals surface area contributed by atoms with Crippen LogP contribution < -0.4 is 5.32 Å². The second-order valence-corrected chi connectivity index (χ2v) is 7.66. The van der Waals surface area contributed by atoms with Crippen LogP contribution in [0, 0.1) is 0 Å². The van der Waals surface area contributed by atoms with Gasteiger partial charge in [-0.1, -0.05) is 32.1 Å². The van der Waals surface area contributed by atoms with Gasteiger partial charge in [-0.05, 0) is 39.2 Å². The third-order valence-corrected chi connectivity index (χ3v) is 6.29. The van der Waals surface area contributed by atoms with E-state index in [1.165, 1.54) is 74.9 Å². The molecule has 3 heteroatoms. The van der Waals surface area contributed by atoms with Crippen LogP contribution in [0.1, 0.15) is 85.2 Å². The third kappa shape index (κ3) is 3.25. The molecule has 1 N–H and O–H groups in total. The van der Waals surface area contributed by atoms with Gasteiger partial charge in [0.1, 0.15) is 0 Å². The molecule has 0 spiro atoms. The van der Waals surface area contributed by atoms with Crippen LogP contribution in [-0.2, 0) is 6.42 Å². The Balaban J connectivity index is 1.76. The minimum absolute atomic E-state index is 0.669. The summed E-state index contributed by atoms with van der Waals surface area (Å²) in [4.78, 5) is 6.73. The second-order valence-electron chi connectivity index (χ2n) is 6.55. The molecule has 1 saturated carbocycles. The van der Waals surface area contributed by atoms with E-state index >= 15 is 0 Å². The molecule has 1 aromatic heterocycles. The Morgan fingerprint density at radius 1 is 1.05 bits per heavy atom. The largest absolute Gasteiger partial charge is 0.319 e. The van der Waals surface area contributed by atoms with E-state index in [2.05, 4.69) is 12.4 Å². The van der Waals surface area contributed by atoms with Crippen LogP contribution in [0.5, 0.6) is 0 Å². The molecular weight excluding hydrogens is 264 g/mol. The van der Waals surface area contributed by atoms with Gasteiger partial charge in [-0.3, -0.25) is 0 Å². The molecule has 0 radical (unpaired) electrons. The molecule has 1 fully saturated rings. The Labute approximate surface area is 127 Å². The Hall–Kier alpha value is -0.410. The zero-order valence-electron chi connectivity index (χ0n) is 12.8. The zero-order chi connectivity index (χ0) is 13.8. The van der Waals surface area contributed by atoms with Gasteiger partial charge in [0.05, 0.1) is 10.7 Å². The predicted molar refractivity (Wildman–Crippen MR) is 86.8 cm³/mol. The molecule has 20 heavy (non-hydrogen) atoms. The Bertz CT molecular complexity index is 419. The fraction of sp³-hybridized carbons (Fsp3) is 0.824. The van der Waals surface area contributed by atoms with Crippen LogP contribution in [0.3, 0.4) is 0 Å². The first kappa shape index (κ1) is 14.5. The van der Waals surface area contributed by atoms with Gasteiger partial charge >= 0.3 is 0 Å². The maximum absolute atomic E-state index is 5.13. The maximum atomic E-state index is 5.13. The van der Waals surface area contributed by atoms with Crippen molar-refractivity contribution >= 4 is 11.3 Å². The van der Waals surface area contributed by atoms with Crippen LogP contribution >= 0.6 is 11.3 Å². The lowest BCUT2D eigenvalue weighted by Crippen LogP contribution is -2.21. The topological polar surface area (TPSA) is 24.9 Å². The lowest BCUT2D eigenvalue weighted by molar-refractivity contribution is 0.452. The van der Waals surface area contributed by atoms with Crippen molar-refractivity contribution in [3.63, 3.8) is 0 Å². The van der Waals surface area contributed by atoms with E-state index in [-0.39, 0.29) is 0 Å². The van der Waals surface area contributed by atoms with E-state index in [4.69, 9.17) is 4.98 Å². The lowest BCUT2D eigenvalue weighted by Gasteiger charge is -2.20. The van der Waals surface area contributed by atoms with Gasteiger partial charge in [0.25, 0.3) is 0 Å². The highest BCUT2D eigenvalue weighted by molar-refractivity contribution is 7.11. The first-order valence-corrected chi connectivity index (χ1v) is 9.34. The standard InChI is InChI=1S/C17H28N2S/c1-18-12-14-10-7-11-15-16(14)19-17(20-15)13-8-5-3-2-4-6-9-13/h13-14,18H,2-12H2,1H3. The van der Waals surface area contributed by atoms with Crippen LogP contribution in [-0.4, -0.2) is 18.6 Å². The van der Waals surface area contributed by atoms with Crippen LogP contribution in [0.15, 0.2) is 0 Å². The number of fused-ring (bicyclic) bond motifs is 1. The van der Waals surface area contributed by atoms with Crippen molar-refractivity contribution in [3.05, 3.63) is 15.6 Å². The number of hydrogen-bond donors (Lipinski definition) is 1. The van der Waals surface area contributed by atoms with Crippen LogP contribution in [0.4, 0.5) is 0 Å². The van der Waals surface area contributed by atoms with Crippen molar-refractivity contribution in [2.24, 2.45) is 0 Å². The molecule has 0 saturated heterocycles. The summed E-state index contributed by atoms with van der Waals surface area (Å²) in [7, 11) is 2.07. The Morgan fingerprint density at radius 3 is 2.55 bits per heavy atom. The highest BCUT2D eigenvalue weighted by Crippen LogP contribution is 2.39. The van der Waals surface area contributed by atoms with E-state index in [9.17, 15) is 0 Å². The zero-order valence-corrected chi connectivity index (χ0v) is 13.6. The summed E-state index contributed by atoms with van der Waals surface area (Å²) in [5, 5.41) is 4.82. The van der Waals surface area contributed by atoms with Crippen molar-refractivity contribution in [2.75, 3.05) is 13.6 Å². The summed E-state index contributed by atoms with van der Waals surface area (Å²) in [5.41, 5.74) is 1.45. The summed E-state index contributed by atoms with van der Waals surface area (Å²) in [6, 6.07) is 0. The maximum Gasteiger partial charge on any atom is 0.0962 e. The molecule has 2 nitrogen and oxygen atoms in total. The summed E-state index contributed by atoms with van der Waals surface area (Å²) >= 11 is 2.05. The summed E-state index contributed by atoms with van der Waals surface area (Å²) in [6.07, 6.45) is 13.8. The molecule has 1 aromatic rings. The van der Waals surface area contributed by atoms with Crippen molar-refractivity contribution < 1.29 is 0 Å². The number of hydrogen-bond acceptors (Lipinski definition) is 3. The summed E-state index contributed by atoms with van der Waals surface area (Å²) in [6.45, 7) is 1.10. The molecule has 1 atom stereocenters. The smallest absolute Gasteiger partial charge is 0.0962 e. The van der Waals surface area contributed by atoms with E-state index in [1.807, 2.05) is 11.3 Å². The number of aromatic nitrogens is 1. The molecule has 1 unspecified atom stereocenters. The highest BCUT2D eigenvalue weighted by atomic mass is 32.1. The Kier molecular flexibility index (Phi) is 5.11. The van der Waals surface area contributed by atoms with E-state index < -0.39 is 0 Å². The molecule has 3 rings (SSSR count). The van der Waals surface area contributed by atoms with Gasteiger partial charge in [-0.25, -0.2) is 4.98 Å². The molecule has 1 heterocycles. The van der Waals surface area contributed by atoms with Gasteiger partial charge in [0, 0.05) is 23.3 Å². The number of aryl methyl sites for hydroxylation is 1. The van der Waals surface area contributed by atoms with Gasteiger partial charge in [-0.2, -0.15) is 0 Å². The van der Waals surface area contributed by atoms with E-state index in [1.54, 1.807) is 4.88 Å². The first-order valence-electron chi connectivity index (χ1n) is 8.52. The third-order valence-electron chi connectivity index (χ3n) is 4.99. The fourth-order valence-corrected chi connectivity index (χ4v) is 5.21. The van der Waals surface area contributed by atoms with Crippen molar-refractivity contribution in [3.8, 4) is 0 Å². The number of nitrogens with one attached hydrogen (secondary N) is 1. The fourth-order valence-electron chi connectivity index (χ4n) is 3.85. The van der Waals surface area contributed by atoms with Crippen molar-refractivity contribution in [1.29, 1.82) is 0 Å². The molecule has 112 valence electrons. The minimum Gasteiger partial charge on any atom is -0.319 e. The molecule has 2 aliphatic rings. The molecule has 2 aliphatic carbocycles. The first-order chi connectivity index (χ1) is 9.88. The summed E-state index contributed by atoms with van der Waals surface area (Å²) < 4.78 is 0. The highest BCUT2D eigenvalue weighted by Gasteiger charge is 2.26. The van der Waals surface area contributed by atoms with Gasteiger partial charge < -0.3 is 5.32 Å². The monoisotopic (exact) mass is 292 g/mol. The lowest BCUT2D eigenvalue weighted by atomic mass is 9.90. The Morgan fingerprint density at radius 2 is 1.80 bits per heavy atom. The van der Waals surface area contributed by atoms with Crippen molar-refractivity contribution in [2.45, 2.75) is 76.0 Å². The quantitative estimate of drug-likeness (QED) is 0.880. The molecule has 0 amide bonds. The molecule has 0 aliphatic heterocycles. The van der Waals surface area contributed by atoms with Crippen LogP contribution in [0.2, 0.25) is 0 Å². The SMILES string of the molecule is CNCC1CCCc2sc(C3CCCCCCC3)nc21. The molecule has 0 aromatic carbocycles. The average Bonchev–Trinajstić information content (AvgIpc) is 2.83. The summed E-state index contributed by atoms with van der Waals surface area (Å²) in [5.74, 6) is 1.43. The number of likely N-dealkylation sites (N-methyl/N-ethyl adjacent to an activating group) is 1. The number of thiazole rings is 1. The number of nitrogens with zero attached hydrogens (tertiary/aromatic N) is 1. The normalized spacial score (nSPS) is 24.9.